The highest BCUT2D eigenvalue weighted by atomic mass is 16.6. The van der Waals surface area contributed by atoms with Gasteiger partial charge in [0.25, 0.3) is 0 Å². The van der Waals surface area contributed by atoms with Crippen LogP contribution in [0.1, 0.15) is 24.1 Å². The van der Waals surface area contributed by atoms with Crippen LogP contribution in [-0.2, 0) is 0 Å². The molecule has 0 aliphatic carbocycles. The standard InChI is InChI=1S/C11H15NO2/c1-7-5-9(8(2)12)11-10(6-7)13-3-4-14-11/h5-6,8H,3-4,12H2,1-2H3/t8-/m0/s1. The first-order chi connectivity index (χ1) is 6.68. The van der Waals surface area contributed by atoms with Crippen LogP contribution in [-0.4, -0.2) is 13.2 Å². The van der Waals surface area contributed by atoms with E-state index in [-0.39, 0.29) is 6.04 Å². The van der Waals surface area contributed by atoms with Crippen molar-refractivity contribution in [1.82, 2.24) is 0 Å². The first kappa shape index (κ1) is 9.34. The molecule has 2 rings (SSSR count). The highest BCUT2D eigenvalue weighted by Crippen LogP contribution is 2.37. The lowest BCUT2D eigenvalue weighted by molar-refractivity contribution is 0.169. The van der Waals surface area contributed by atoms with Crippen molar-refractivity contribution >= 4 is 0 Å². The third-order valence-electron chi connectivity index (χ3n) is 2.31. The Bertz CT molecular complexity index is 347. The van der Waals surface area contributed by atoms with Gasteiger partial charge in [-0.15, -0.1) is 0 Å². The van der Waals surface area contributed by atoms with E-state index in [1.165, 1.54) is 0 Å². The van der Waals surface area contributed by atoms with Gasteiger partial charge in [-0.1, -0.05) is 6.07 Å². The summed E-state index contributed by atoms with van der Waals surface area (Å²) in [5, 5.41) is 0. The third-order valence-corrected chi connectivity index (χ3v) is 2.31. The predicted octanol–water partition coefficient (Wildman–Crippen LogP) is 1.79. The second-order valence-electron chi connectivity index (χ2n) is 3.67. The molecule has 76 valence electrons. The summed E-state index contributed by atoms with van der Waals surface area (Å²) in [6.45, 7) is 5.21. The maximum Gasteiger partial charge on any atom is 0.166 e. The summed E-state index contributed by atoms with van der Waals surface area (Å²) in [5.41, 5.74) is 8.05. The largest absolute Gasteiger partial charge is 0.486 e. The molecule has 0 radical (unpaired) electrons. The van der Waals surface area contributed by atoms with E-state index in [0.29, 0.717) is 13.2 Å². The van der Waals surface area contributed by atoms with Gasteiger partial charge < -0.3 is 15.2 Å². The Balaban J connectivity index is 2.52. The molecule has 0 unspecified atom stereocenters. The topological polar surface area (TPSA) is 44.5 Å². The number of benzene rings is 1. The third kappa shape index (κ3) is 1.55. The van der Waals surface area contributed by atoms with Crippen LogP contribution in [0.25, 0.3) is 0 Å². The molecule has 2 N–H and O–H groups in total. The van der Waals surface area contributed by atoms with E-state index in [2.05, 4.69) is 6.07 Å². The van der Waals surface area contributed by atoms with Crippen molar-refractivity contribution in [2.24, 2.45) is 5.73 Å². The normalized spacial score (nSPS) is 16.5. The zero-order valence-electron chi connectivity index (χ0n) is 8.54. The van der Waals surface area contributed by atoms with Crippen molar-refractivity contribution in [2.45, 2.75) is 19.9 Å². The van der Waals surface area contributed by atoms with Gasteiger partial charge >= 0.3 is 0 Å². The van der Waals surface area contributed by atoms with Crippen molar-refractivity contribution in [2.75, 3.05) is 13.2 Å². The molecule has 1 atom stereocenters. The predicted molar refractivity (Wildman–Crippen MR) is 54.8 cm³/mol. The molecule has 0 aromatic heterocycles. The molecule has 0 saturated carbocycles. The molecule has 0 fully saturated rings. The number of hydrogen-bond acceptors (Lipinski definition) is 3. The molecule has 0 bridgehead atoms. The van der Waals surface area contributed by atoms with E-state index in [1.54, 1.807) is 0 Å². The van der Waals surface area contributed by atoms with Gasteiger partial charge in [-0.3, -0.25) is 0 Å². The highest BCUT2D eigenvalue weighted by molar-refractivity contribution is 5.51. The molecule has 0 amide bonds. The molecule has 3 heteroatoms. The van der Waals surface area contributed by atoms with Crippen LogP contribution in [0.15, 0.2) is 12.1 Å². The van der Waals surface area contributed by atoms with Gasteiger partial charge in [0.2, 0.25) is 0 Å². The lowest BCUT2D eigenvalue weighted by Crippen LogP contribution is -2.18. The summed E-state index contributed by atoms with van der Waals surface area (Å²) in [6, 6.07) is 4.02. The smallest absolute Gasteiger partial charge is 0.166 e. The van der Waals surface area contributed by atoms with Gasteiger partial charge in [0.15, 0.2) is 11.5 Å². The summed E-state index contributed by atoms with van der Waals surface area (Å²) in [6.07, 6.45) is 0. The van der Waals surface area contributed by atoms with E-state index in [1.807, 2.05) is 19.9 Å². The van der Waals surface area contributed by atoms with Crippen LogP contribution in [0.5, 0.6) is 11.5 Å². The molecule has 1 aliphatic heterocycles. The molecule has 1 aromatic carbocycles. The second-order valence-corrected chi connectivity index (χ2v) is 3.67. The fraction of sp³-hybridized carbons (Fsp3) is 0.455. The molecule has 1 heterocycles. The molecule has 3 nitrogen and oxygen atoms in total. The Hall–Kier alpha value is -1.22. The Labute approximate surface area is 83.8 Å². The molecule has 1 aliphatic rings. The Morgan fingerprint density at radius 1 is 1.29 bits per heavy atom. The number of rotatable bonds is 1. The Morgan fingerprint density at radius 2 is 2.00 bits per heavy atom. The van der Waals surface area contributed by atoms with Gasteiger partial charge in [-0.25, -0.2) is 0 Å². The van der Waals surface area contributed by atoms with Crippen LogP contribution in [0.4, 0.5) is 0 Å². The van der Waals surface area contributed by atoms with Crippen LogP contribution in [0, 0.1) is 6.92 Å². The number of ether oxygens (including phenoxy) is 2. The minimum absolute atomic E-state index is 0.0228. The molecule has 14 heavy (non-hydrogen) atoms. The Morgan fingerprint density at radius 3 is 2.71 bits per heavy atom. The fourth-order valence-electron chi connectivity index (χ4n) is 1.66. The van der Waals surface area contributed by atoms with Crippen molar-refractivity contribution in [3.05, 3.63) is 23.3 Å². The zero-order valence-corrected chi connectivity index (χ0v) is 8.54. The van der Waals surface area contributed by atoms with E-state index in [9.17, 15) is 0 Å². The average molecular weight is 193 g/mol. The highest BCUT2D eigenvalue weighted by Gasteiger charge is 2.18. The quantitative estimate of drug-likeness (QED) is 0.739. The van der Waals surface area contributed by atoms with Gasteiger partial charge in [0, 0.05) is 11.6 Å². The van der Waals surface area contributed by atoms with Gasteiger partial charge in [-0.05, 0) is 25.5 Å². The van der Waals surface area contributed by atoms with Crippen molar-refractivity contribution in [1.29, 1.82) is 0 Å². The first-order valence-electron chi connectivity index (χ1n) is 4.84. The summed E-state index contributed by atoms with van der Waals surface area (Å²) >= 11 is 0. The van der Waals surface area contributed by atoms with Gasteiger partial charge in [0.05, 0.1) is 0 Å². The van der Waals surface area contributed by atoms with E-state index < -0.39 is 0 Å². The van der Waals surface area contributed by atoms with Crippen molar-refractivity contribution < 1.29 is 9.47 Å². The second kappa shape index (κ2) is 3.50. The van der Waals surface area contributed by atoms with Gasteiger partial charge in [-0.2, -0.15) is 0 Å². The molecule has 0 saturated heterocycles. The molecule has 1 aromatic rings. The lowest BCUT2D eigenvalue weighted by Gasteiger charge is -2.23. The summed E-state index contributed by atoms with van der Waals surface area (Å²) < 4.78 is 11.1. The van der Waals surface area contributed by atoms with Crippen LogP contribution in [0.2, 0.25) is 0 Å². The van der Waals surface area contributed by atoms with Crippen LogP contribution >= 0.6 is 0 Å². The van der Waals surface area contributed by atoms with E-state index in [4.69, 9.17) is 15.2 Å². The Kier molecular flexibility index (Phi) is 2.33. The molecular formula is C11H15NO2. The maximum atomic E-state index is 5.87. The number of nitrogens with two attached hydrogens (primary N) is 1. The van der Waals surface area contributed by atoms with Crippen molar-refractivity contribution in [3.63, 3.8) is 0 Å². The van der Waals surface area contributed by atoms with Crippen molar-refractivity contribution in [3.8, 4) is 11.5 Å². The first-order valence-corrected chi connectivity index (χ1v) is 4.84. The zero-order chi connectivity index (χ0) is 10.1. The maximum absolute atomic E-state index is 5.87. The summed E-state index contributed by atoms with van der Waals surface area (Å²) in [5.74, 6) is 1.64. The SMILES string of the molecule is Cc1cc2c(c([C@H](C)N)c1)OCCO2. The van der Waals surface area contributed by atoms with Crippen LogP contribution in [0.3, 0.4) is 0 Å². The number of fused-ring (bicyclic) bond motifs is 1. The molecular weight excluding hydrogens is 178 g/mol. The average Bonchev–Trinajstić information content (AvgIpc) is 2.16. The monoisotopic (exact) mass is 193 g/mol. The van der Waals surface area contributed by atoms with Gasteiger partial charge in [0.1, 0.15) is 13.2 Å². The van der Waals surface area contributed by atoms with E-state index >= 15 is 0 Å². The fourth-order valence-corrected chi connectivity index (χ4v) is 1.66. The van der Waals surface area contributed by atoms with Crippen LogP contribution < -0.4 is 15.2 Å². The minimum Gasteiger partial charge on any atom is -0.486 e. The summed E-state index contributed by atoms with van der Waals surface area (Å²) in [7, 11) is 0. The number of hydrogen-bond donors (Lipinski definition) is 1. The minimum atomic E-state index is -0.0228. The number of aryl methyl sites for hydroxylation is 1. The van der Waals surface area contributed by atoms with E-state index in [0.717, 1.165) is 22.6 Å². The molecule has 0 spiro atoms. The summed E-state index contributed by atoms with van der Waals surface area (Å²) in [4.78, 5) is 0. The lowest BCUT2D eigenvalue weighted by atomic mass is 10.0.